The smallest absolute Gasteiger partial charge is 0.393 e. The van der Waals surface area contributed by atoms with E-state index in [-0.39, 0.29) is 29.3 Å². The van der Waals surface area contributed by atoms with Crippen molar-refractivity contribution in [3.05, 3.63) is 11.1 Å². The molecule has 0 aromatic heterocycles. The first-order chi connectivity index (χ1) is 12.1. The van der Waals surface area contributed by atoms with Crippen LogP contribution in [0.4, 0.5) is 13.2 Å². The Labute approximate surface area is 152 Å². The van der Waals surface area contributed by atoms with Crippen LogP contribution in [0.15, 0.2) is 11.1 Å². The molecule has 5 aliphatic rings. The number of ketones is 1. The fraction of sp³-hybridized carbons (Fsp3) is 0.857. The molecule has 0 heterocycles. The van der Waals surface area contributed by atoms with Crippen molar-refractivity contribution in [1.82, 2.24) is 0 Å². The lowest BCUT2D eigenvalue weighted by atomic mass is 9.45. The Hall–Kier alpha value is -0.840. The van der Waals surface area contributed by atoms with E-state index in [1.807, 2.05) is 6.92 Å². The molecule has 5 heteroatoms. The van der Waals surface area contributed by atoms with Gasteiger partial charge in [0.2, 0.25) is 0 Å². The summed E-state index contributed by atoms with van der Waals surface area (Å²) in [6.45, 7) is 4.22. The summed E-state index contributed by atoms with van der Waals surface area (Å²) in [5.41, 5.74) is -0.844. The quantitative estimate of drug-likeness (QED) is 0.666. The molecule has 0 bridgehead atoms. The molecule has 26 heavy (non-hydrogen) atoms. The molecule has 5 rings (SSSR count). The summed E-state index contributed by atoms with van der Waals surface area (Å²) < 4.78 is 41.0. The number of hydrogen-bond acceptors (Lipinski definition) is 2. The minimum atomic E-state index is -4.53. The van der Waals surface area contributed by atoms with Crippen molar-refractivity contribution in [2.45, 2.75) is 77.5 Å². The Morgan fingerprint density at radius 1 is 1.08 bits per heavy atom. The van der Waals surface area contributed by atoms with E-state index >= 15 is 0 Å². The Morgan fingerprint density at radius 2 is 1.81 bits per heavy atom. The molecule has 7 atom stereocenters. The summed E-state index contributed by atoms with van der Waals surface area (Å²) in [6, 6.07) is 0. The second-order valence-electron chi connectivity index (χ2n) is 10.1. The third-order valence-electron chi connectivity index (χ3n) is 9.53. The van der Waals surface area contributed by atoms with Gasteiger partial charge in [-0.3, -0.25) is 4.79 Å². The van der Waals surface area contributed by atoms with Gasteiger partial charge in [0.25, 0.3) is 0 Å². The van der Waals surface area contributed by atoms with Crippen LogP contribution in [0.3, 0.4) is 0 Å². The SMILES string of the molecule is C[C@]12CCC(=O)C(C(F)(F)F)=C1CCC1C2CC[C@]2(C)[C@H](O)C[C@@H]3C[C@@]132. The monoisotopic (exact) mass is 368 g/mol. The number of allylic oxidation sites excluding steroid dienone is 1. The standard InChI is InChI=1S/C21H27F3O2/c1-18-7-6-15(25)17(21(22,23)24)14(18)4-3-13-12(18)5-8-19(2)16(26)9-11-10-20(11,13)19/h11-13,16,26H,3-10H2,1-2H3/t11-,12?,13?,16-,18-,19-,20+/m1/s1. The third-order valence-corrected chi connectivity index (χ3v) is 9.53. The number of aliphatic hydroxyl groups is 1. The highest BCUT2D eigenvalue weighted by Crippen LogP contribution is 2.82. The fourth-order valence-corrected chi connectivity index (χ4v) is 8.25. The topological polar surface area (TPSA) is 37.3 Å². The van der Waals surface area contributed by atoms with Gasteiger partial charge in [-0.1, -0.05) is 13.8 Å². The van der Waals surface area contributed by atoms with E-state index in [4.69, 9.17) is 0 Å². The maximum Gasteiger partial charge on any atom is 0.419 e. The molecule has 1 N–H and O–H groups in total. The fourth-order valence-electron chi connectivity index (χ4n) is 8.25. The number of aliphatic hydroxyl groups excluding tert-OH is 1. The summed E-state index contributed by atoms with van der Waals surface area (Å²) in [5.74, 6) is 0.472. The lowest BCUT2D eigenvalue weighted by Crippen LogP contribution is -2.54. The normalized spacial score (nSPS) is 52.9. The van der Waals surface area contributed by atoms with Gasteiger partial charge in [-0.25, -0.2) is 0 Å². The van der Waals surface area contributed by atoms with E-state index in [1.165, 1.54) is 0 Å². The molecular weight excluding hydrogens is 341 g/mol. The second kappa shape index (κ2) is 4.76. The Kier molecular flexibility index (Phi) is 3.16. The minimum Gasteiger partial charge on any atom is -0.393 e. The number of carbonyl (C=O) groups excluding carboxylic acids is 1. The molecule has 0 saturated heterocycles. The predicted octanol–water partition coefficient (Wildman–Crippen LogP) is 4.81. The zero-order valence-electron chi connectivity index (χ0n) is 15.5. The van der Waals surface area contributed by atoms with Crippen molar-refractivity contribution in [2.24, 2.45) is 34.0 Å². The Morgan fingerprint density at radius 3 is 2.50 bits per heavy atom. The average molecular weight is 368 g/mol. The van der Waals surface area contributed by atoms with Gasteiger partial charge in [0.1, 0.15) is 0 Å². The van der Waals surface area contributed by atoms with Gasteiger partial charge in [0.15, 0.2) is 5.78 Å². The van der Waals surface area contributed by atoms with E-state index in [0.29, 0.717) is 30.3 Å². The lowest BCUT2D eigenvalue weighted by Gasteiger charge is -2.59. The van der Waals surface area contributed by atoms with Crippen LogP contribution in [0, 0.1) is 34.0 Å². The van der Waals surface area contributed by atoms with Gasteiger partial charge in [0.05, 0.1) is 11.7 Å². The van der Waals surface area contributed by atoms with Gasteiger partial charge in [-0.05, 0) is 84.5 Å². The van der Waals surface area contributed by atoms with E-state index in [9.17, 15) is 23.1 Å². The van der Waals surface area contributed by atoms with E-state index < -0.39 is 22.9 Å². The number of hydrogen-bond donors (Lipinski definition) is 1. The Bertz CT molecular complexity index is 725. The number of fused-ring (bicyclic) bond motifs is 3. The number of carbonyl (C=O) groups is 1. The van der Waals surface area contributed by atoms with Gasteiger partial charge in [-0.15, -0.1) is 0 Å². The second-order valence-corrected chi connectivity index (χ2v) is 10.1. The van der Waals surface area contributed by atoms with Crippen LogP contribution in [-0.4, -0.2) is 23.2 Å². The molecule has 0 aromatic carbocycles. The van der Waals surface area contributed by atoms with Crippen molar-refractivity contribution in [3.63, 3.8) is 0 Å². The van der Waals surface area contributed by atoms with Crippen LogP contribution in [0.2, 0.25) is 0 Å². The summed E-state index contributed by atoms with van der Waals surface area (Å²) in [6.07, 6.45) is 0.735. The highest BCUT2D eigenvalue weighted by molar-refractivity contribution is 5.98. The largest absolute Gasteiger partial charge is 0.419 e. The van der Waals surface area contributed by atoms with Crippen molar-refractivity contribution >= 4 is 5.78 Å². The maximum absolute atomic E-state index is 13.7. The minimum absolute atomic E-state index is 0.0222. The van der Waals surface area contributed by atoms with E-state index in [0.717, 1.165) is 32.1 Å². The highest BCUT2D eigenvalue weighted by Gasteiger charge is 2.78. The van der Waals surface area contributed by atoms with Crippen LogP contribution < -0.4 is 0 Å². The van der Waals surface area contributed by atoms with Crippen LogP contribution >= 0.6 is 0 Å². The van der Waals surface area contributed by atoms with Crippen LogP contribution in [0.1, 0.15) is 65.2 Å². The first-order valence-electron chi connectivity index (χ1n) is 10.1. The van der Waals surface area contributed by atoms with Crippen molar-refractivity contribution in [3.8, 4) is 0 Å². The number of Topliss-reactive ketones (excluding diaryl/α,β-unsaturated/α-hetero) is 1. The van der Waals surface area contributed by atoms with Crippen molar-refractivity contribution in [1.29, 1.82) is 0 Å². The van der Waals surface area contributed by atoms with Gasteiger partial charge in [0, 0.05) is 6.42 Å². The molecule has 2 nitrogen and oxygen atoms in total. The zero-order valence-corrected chi connectivity index (χ0v) is 15.5. The number of halogens is 3. The lowest BCUT2D eigenvalue weighted by molar-refractivity contribution is -0.137. The molecule has 144 valence electrons. The molecule has 4 saturated carbocycles. The molecular formula is C21H27F3O2. The Balaban J connectivity index is 1.60. The van der Waals surface area contributed by atoms with Gasteiger partial charge in [-0.2, -0.15) is 13.2 Å². The third kappa shape index (κ3) is 1.77. The van der Waals surface area contributed by atoms with Gasteiger partial charge < -0.3 is 5.11 Å². The summed E-state index contributed by atoms with van der Waals surface area (Å²) in [5, 5.41) is 10.6. The summed E-state index contributed by atoms with van der Waals surface area (Å²) in [4.78, 5) is 12.1. The van der Waals surface area contributed by atoms with E-state index in [1.54, 1.807) is 0 Å². The molecule has 0 aromatic rings. The summed E-state index contributed by atoms with van der Waals surface area (Å²) >= 11 is 0. The molecule has 0 aliphatic heterocycles. The molecule has 1 spiro atoms. The first kappa shape index (κ1) is 17.3. The zero-order chi connectivity index (χ0) is 18.7. The number of rotatable bonds is 0. The average Bonchev–Trinajstić information content (AvgIpc) is 3.20. The highest BCUT2D eigenvalue weighted by atomic mass is 19.4. The first-order valence-corrected chi connectivity index (χ1v) is 10.1. The summed E-state index contributed by atoms with van der Waals surface area (Å²) in [7, 11) is 0. The van der Waals surface area contributed by atoms with Gasteiger partial charge >= 0.3 is 6.18 Å². The van der Waals surface area contributed by atoms with E-state index in [2.05, 4.69) is 6.92 Å². The molecule has 0 radical (unpaired) electrons. The molecule has 2 unspecified atom stereocenters. The molecule has 4 fully saturated rings. The van der Waals surface area contributed by atoms with Crippen molar-refractivity contribution < 1.29 is 23.1 Å². The molecule has 0 amide bonds. The van der Waals surface area contributed by atoms with Crippen LogP contribution in [0.25, 0.3) is 0 Å². The molecule has 5 aliphatic carbocycles. The van der Waals surface area contributed by atoms with Crippen LogP contribution in [0.5, 0.6) is 0 Å². The maximum atomic E-state index is 13.7. The number of alkyl halides is 3. The van der Waals surface area contributed by atoms with Crippen LogP contribution in [-0.2, 0) is 4.79 Å². The van der Waals surface area contributed by atoms with Crippen molar-refractivity contribution in [2.75, 3.05) is 0 Å². The predicted molar refractivity (Wildman–Crippen MR) is 90.1 cm³/mol.